The highest BCUT2D eigenvalue weighted by atomic mass is 79.9. The number of carbonyl (C=O) groups is 2. The van der Waals surface area contributed by atoms with Crippen molar-refractivity contribution in [3.8, 4) is 11.8 Å². The number of nitrogens with one attached hydrogen (secondary N) is 1. The van der Waals surface area contributed by atoms with Gasteiger partial charge in [0, 0.05) is 16.9 Å². The Morgan fingerprint density at radius 1 is 1.06 bits per heavy atom. The minimum Gasteiger partial charge on any atom is -0.388 e. The maximum Gasteiger partial charge on any atom is 0.228 e. The van der Waals surface area contributed by atoms with E-state index in [0.717, 1.165) is 5.57 Å². The molecule has 198 valence electrons. The normalized spacial score (nSPS) is 16.2. The van der Waals surface area contributed by atoms with E-state index < -0.39 is 17.6 Å². The molecule has 3 unspecified atom stereocenters. The summed E-state index contributed by atoms with van der Waals surface area (Å²) in [4.78, 5) is 23.9. The number of carbonyl (C=O) groups excluding carboxylic acids is 2. The van der Waals surface area contributed by atoms with Gasteiger partial charge in [-0.3, -0.25) is 4.79 Å². The zero-order chi connectivity index (χ0) is 27.7. The molecule has 0 aromatic carbocycles. The highest BCUT2D eigenvalue weighted by Gasteiger charge is 2.37. The molecule has 0 saturated heterocycles. The van der Waals surface area contributed by atoms with Crippen molar-refractivity contribution in [2.75, 3.05) is 0 Å². The fourth-order valence-corrected chi connectivity index (χ4v) is 3.40. The van der Waals surface area contributed by atoms with Crippen LogP contribution in [0.2, 0.25) is 0 Å². The minimum absolute atomic E-state index is 0.0864. The van der Waals surface area contributed by atoms with Crippen molar-refractivity contribution in [1.29, 1.82) is 0 Å². The van der Waals surface area contributed by atoms with E-state index in [1.54, 1.807) is 45.9 Å². The van der Waals surface area contributed by atoms with E-state index in [0.29, 0.717) is 29.3 Å². The summed E-state index contributed by atoms with van der Waals surface area (Å²) in [5, 5.41) is 24.0. The number of hydrogen-bond donors (Lipinski definition) is 3. The number of rotatable bonds is 14. The van der Waals surface area contributed by atoms with Crippen LogP contribution in [0.25, 0.3) is 0 Å². The Kier molecular flexibility index (Phi) is 16.7. The van der Waals surface area contributed by atoms with Crippen molar-refractivity contribution in [1.82, 2.24) is 5.32 Å². The van der Waals surface area contributed by atoms with Crippen LogP contribution in [0.15, 0.2) is 70.3 Å². The monoisotopic (exact) mass is 559 g/mol. The molecule has 6 heteroatoms. The van der Waals surface area contributed by atoms with Gasteiger partial charge in [0.15, 0.2) is 0 Å². The van der Waals surface area contributed by atoms with Crippen molar-refractivity contribution >= 4 is 27.6 Å². The molecule has 0 aliphatic carbocycles. The van der Waals surface area contributed by atoms with Crippen LogP contribution in [0.4, 0.5) is 0 Å². The third-order valence-corrected chi connectivity index (χ3v) is 6.69. The number of aliphatic hydroxyl groups is 2. The van der Waals surface area contributed by atoms with Gasteiger partial charge in [-0.2, -0.15) is 0 Å². The highest BCUT2D eigenvalue weighted by Crippen LogP contribution is 2.27. The van der Waals surface area contributed by atoms with E-state index in [-0.39, 0.29) is 17.7 Å². The van der Waals surface area contributed by atoms with Crippen molar-refractivity contribution in [3.05, 3.63) is 70.3 Å². The van der Waals surface area contributed by atoms with Crippen molar-refractivity contribution in [2.45, 2.75) is 86.0 Å². The van der Waals surface area contributed by atoms with Gasteiger partial charge in [-0.15, -0.1) is 5.92 Å². The van der Waals surface area contributed by atoms with Gasteiger partial charge < -0.3 is 20.3 Å². The fourth-order valence-electron chi connectivity index (χ4n) is 3.08. The van der Waals surface area contributed by atoms with Crippen LogP contribution in [-0.4, -0.2) is 40.2 Å². The summed E-state index contributed by atoms with van der Waals surface area (Å²) < 4.78 is 0.710. The summed E-state index contributed by atoms with van der Waals surface area (Å²) in [6.45, 7) is 12.2. The molecule has 0 aliphatic heterocycles. The fraction of sp³-hybridized carbons (Fsp3) is 0.467. The van der Waals surface area contributed by atoms with E-state index in [1.807, 2.05) is 50.3 Å². The van der Waals surface area contributed by atoms with Gasteiger partial charge in [-0.05, 0) is 78.5 Å². The molecule has 0 fully saturated rings. The quantitative estimate of drug-likeness (QED) is 0.184. The smallest absolute Gasteiger partial charge is 0.228 e. The largest absolute Gasteiger partial charge is 0.388 e. The van der Waals surface area contributed by atoms with Crippen LogP contribution in [0.1, 0.15) is 67.7 Å². The predicted molar refractivity (Wildman–Crippen MR) is 153 cm³/mol. The lowest BCUT2D eigenvalue weighted by atomic mass is 9.81. The maximum atomic E-state index is 12.7. The summed E-state index contributed by atoms with van der Waals surface area (Å²) in [7, 11) is 0. The van der Waals surface area contributed by atoms with Crippen LogP contribution >= 0.6 is 15.9 Å². The number of aliphatic hydroxyl groups excluding tert-OH is 2. The molecular formula is C30H42BrNO4. The first-order valence-electron chi connectivity index (χ1n) is 12.1. The number of ketones is 1. The average Bonchev–Trinajstić information content (AvgIpc) is 2.82. The van der Waals surface area contributed by atoms with Gasteiger partial charge in [-0.25, -0.2) is 0 Å². The van der Waals surface area contributed by atoms with E-state index in [4.69, 9.17) is 0 Å². The molecule has 0 heterocycles. The highest BCUT2D eigenvalue weighted by molar-refractivity contribution is 9.11. The summed E-state index contributed by atoms with van der Waals surface area (Å²) in [5.74, 6) is 5.43. The third kappa shape index (κ3) is 13.6. The molecule has 1 amide bonds. The zero-order valence-corrected chi connectivity index (χ0v) is 24.2. The van der Waals surface area contributed by atoms with Crippen LogP contribution in [0.3, 0.4) is 0 Å². The van der Waals surface area contributed by atoms with Crippen molar-refractivity contribution in [3.63, 3.8) is 0 Å². The summed E-state index contributed by atoms with van der Waals surface area (Å²) >= 11 is 3.46. The first-order chi connectivity index (χ1) is 16.8. The van der Waals surface area contributed by atoms with Crippen LogP contribution in [0.5, 0.6) is 0 Å². The van der Waals surface area contributed by atoms with Crippen LogP contribution < -0.4 is 5.32 Å². The zero-order valence-electron chi connectivity index (χ0n) is 22.6. The Hall–Kier alpha value is -2.46. The first-order valence-corrected chi connectivity index (χ1v) is 12.9. The lowest BCUT2D eigenvalue weighted by Gasteiger charge is -2.31. The lowest BCUT2D eigenvalue weighted by Crippen LogP contribution is -2.48. The first kappa shape index (κ1) is 33.5. The van der Waals surface area contributed by atoms with Gasteiger partial charge in [0.2, 0.25) is 5.91 Å². The summed E-state index contributed by atoms with van der Waals surface area (Å²) in [6.07, 6.45) is 16.3. The Bertz CT molecular complexity index is 971. The second-order valence-corrected chi connectivity index (χ2v) is 10.2. The van der Waals surface area contributed by atoms with Gasteiger partial charge in [-0.1, -0.05) is 70.5 Å². The van der Waals surface area contributed by atoms with Gasteiger partial charge in [0.1, 0.15) is 5.78 Å². The van der Waals surface area contributed by atoms with Crippen LogP contribution in [0, 0.1) is 17.3 Å². The van der Waals surface area contributed by atoms with Gasteiger partial charge in [0.05, 0.1) is 17.6 Å². The molecule has 36 heavy (non-hydrogen) atoms. The molecule has 0 aliphatic rings. The molecule has 0 rings (SSSR count). The number of halogens is 1. The molecule has 3 N–H and O–H groups in total. The topological polar surface area (TPSA) is 86.6 Å². The van der Waals surface area contributed by atoms with E-state index in [9.17, 15) is 19.8 Å². The summed E-state index contributed by atoms with van der Waals surface area (Å²) in [6, 6.07) is -0.148. The molecule has 5 nitrogen and oxygen atoms in total. The average molecular weight is 561 g/mol. The number of Topliss-reactive ketones (excluding diaryl/α,β-unsaturated/α-hetero) is 1. The Labute approximate surface area is 226 Å². The molecular weight excluding hydrogens is 518 g/mol. The van der Waals surface area contributed by atoms with Crippen LogP contribution in [-0.2, 0) is 9.59 Å². The van der Waals surface area contributed by atoms with Crippen molar-refractivity contribution in [2.24, 2.45) is 5.41 Å². The standard InChI is InChI=1S/C30H42BrNO4/c1-8-9-10-11-12-16-19-26(34)27(31)22(2)17-14-13-15-18-23(3)28(35)30(6,7)29(36)32-24(4)20-21-25(5)33/h10-18,24,26,28,34-35H,19-21H2,1-7H3,(H,32,36). The van der Waals surface area contributed by atoms with E-state index >= 15 is 0 Å². The third-order valence-electron chi connectivity index (χ3n) is 5.53. The second kappa shape index (κ2) is 17.9. The molecule has 0 spiro atoms. The molecule has 0 aromatic heterocycles. The van der Waals surface area contributed by atoms with E-state index in [1.165, 1.54) is 6.92 Å². The summed E-state index contributed by atoms with van der Waals surface area (Å²) in [5.41, 5.74) is 0.527. The SMILES string of the molecule is CC#CC=CC=CCC(O)C(Br)=C(C)C=CC=CC=C(C)C(O)C(C)(C)C(=O)NC(C)CCC(C)=O. The predicted octanol–water partition coefficient (Wildman–Crippen LogP) is 5.86. The number of hydrogen-bond acceptors (Lipinski definition) is 4. The van der Waals surface area contributed by atoms with E-state index in [2.05, 4.69) is 33.1 Å². The molecule has 0 bridgehead atoms. The number of allylic oxidation sites excluding steroid dienone is 9. The Morgan fingerprint density at radius 2 is 1.72 bits per heavy atom. The maximum absolute atomic E-state index is 12.7. The molecule has 0 saturated carbocycles. The Balaban J connectivity index is 5.00. The molecule has 0 radical (unpaired) electrons. The lowest BCUT2D eigenvalue weighted by molar-refractivity contribution is -0.134. The van der Waals surface area contributed by atoms with Crippen molar-refractivity contribution < 1.29 is 19.8 Å². The van der Waals surface area contributed by atoms with Gasteiger partial charge in [0.25, 0.3) is 0 Å². The Morgan fingerprint density at radius 3 is 2.33 bits per heavy atom. The molecule has 0 aromatic rings. The minimum atomic E-state index is -1.03. The molecule has 3 atom stereocenters. The second-order valence-electron chi connectivity index (χ2n) is 9.36. The van der Waals surface area contributed by atoms with Gasteiger partial charge >= 0.3 is 0 Å². The number of amides is 1.